The molecule has 134 valence electrons. The van der Waals surface area contributed by atoms with Gasteiger partial charge in [-0.15, -0.1) is 0 Å². The summed E-state index contributed by atoms with van der Waals surface area (Å²) >= 11 is 0. The van der Waals surface area contributed by atoms with Crippen LogP contribution in [-0.2, 0) is 4.74 Å². The van der Waals surface area contributed by atoms with Crippen LogP contribution in [0.1, 0.15) is 17.3 Å². The number of hydrogen-bond acceptors (Lipinski definition) is 10. The molecule has 7 N–H and O–H groups in total. The Kier molecular flexibility index (Phi) is 5.16. The van der Waals surface area contributed by atoms with Crippen molar-refractivity contribution in [2.75, 3.05) is 6.61 Å². The minimum absolute atomic E-state index is 0.484. The van der Waals surface area contributed by atoms with Crippen molar-refractivity contribution in [2.24, 2.45) is 0 Å². The number of aliphatic hydroxyl groups is 4. The van der Waals surface area contributed by atoms with Crippen molar-refractivity contribution in [3.05, 3.63) is 11.6 Å². The maximum Gasteiger partial charge on any atom is 0.229 e. The van der Waals surface area contributed by atoms with Crippen molar-refractivity contribution in [2.45, 2.75) is 37.6 Å². The van der Waals surface area contributed by atoms with Crippen molar-refractivity contribution in [1.82, 2.24) is 0 Å². The SMILES string of the molecule is CC(=O)c1c(O)cc(O)c(O)c1O[C@@H]1O[C@H](CO)[C@@H](O)[C@H](O)[C@H]1O. The van der Waals surface area contributed by atoms with Gasteiger partial charge in [0, 0.05) is 6.07 Å². The summed E-state index contributed by atoms with van der Waals surface area (Å²) in [5.41, 5.74) is -0.484. The number of phenolic OH excluding ortho intramolecular Hbond substituents is 3. The largest absolute Gasteiger partial charge is 0.507 e. The highest BCUT2D eigenvalue weighted by atomic mass is 16.7. The van der Waals surface area contributed by atoms with E-state index >= 15 is 0 Å². The van der Waals surface area contributed by atoms with Crippen LogP contribution in [0.25, 0.3) is 0 Å². The van der Waals surface area contributed by atoms with Crippen LogP contribution in [0, 0.1) is 0 Å². The molecule has 10 nitrogen and oxygen atoms in total. The molecule has 1 aliphatic heterocycles. The number of carbonyl (C=O) groups excluding carboxylic acids is 1. The van der Waals surface area contributed by atoms with Gasteiger partial charge in [0.2, 0.25) is 12.0 Å². The fraction of sp³-hybridized carbons (Fsp3) is 0.500. The van der Waals surface area contributed by atoms with E-state index in [-0.39, 0.29) is 0 Å². The van der Waals surface area contributed by atoms with Gasteiger partial charge in [-0.1, -0.05) is 0 Å². The Bertz CT molecular complexity index is 628. The molecule has 0 radical (unpaired) electrons. The van der Waals surface area contributed by atoms with Crippen molar-refractivity contribution in [3.8, 4) is 23.0 Å². The molecular formula is C14H18O10. The van der Waals surface area contributed by atoms with E-state index in [1.807, 2.05) is 0 Å². The fourth-order valence-corrected chi connectivity index (χ4v) is 2.36. The predicted molar refractivity (Wildman–Crippen MR) is 75.8 cm³/mol. The molecule has 0 bridgehead atoms. The van der Waals surface area contributed by atoms with Crippen LogP contribution in [0.2, 0.25) is 0 Å². The maximum atomic E-state index is 11.6. The van der Waals surface area contributed by atoms with E-state index in [0.29, 0.717) is 0 Å². The first-order valence-corrected chi connectivity index (χ1v) is 6.95. The monoisotopic (exact) mass is 346 g/mol. The second kappa shape index (κ2) is 6.79. The van der Waals surface area contributed by atoms with Crippen LogP contribution < -0.4 is 4.74 Å². The van der Waals surface area contributed by atoms with Crippen LogP contribution in [0.15, 0.2) is 6.07 Å². The number of hydrogen-bond donors (Lipinski definition) is 7. The molecule has 1 aromatic carbocycles. The van der Waals surface area contributed by atoms with Gasteiger partial charge in [-0.25, -0.2) is 0 Å². The van der Waals surface area contributed by atoms with Crippen molar-refractivity contribution in [3.63, 3.8) is 0 Å². The minimum atomic E-state index is -1.80. The summed E-state index contributed by atoms with van der Waals surface area (Å²) in [6.45, 7) is 0.354. The van der Waals surface area contributed by atoms with Gasteiger partial charge >= 0.3 is 0 Å². The highest BCUT2D eigenvalue weighted by Gasteiger charge is 2.45. The topological polar surface area (TPSA) is 177 Å². The Morgan fingerprint density at radius 2 is 1.75 bits per heavy atom. The van der Waals surface area contributed by atoms with Gasteiger partial charge in [0.15, 0.2) is 17.3 Å². The lowest BCUT2D eigenvalue weighted by Gasteiger charge is -2.39. The predicted octanol–water partition coefficient (Wildman–Crippen LogP) is -1.82. The van der Waals surface area contributed by atoms with E-state index in [2.05, 4.69) is 0 Å². The van der Waals surface area contributed by atoms with E-state index < -0.39 is 71.7 Å². The van der Waals surface area contributed by atoms with Gasteiger partial charge in [-0.3, -0.25) is 4.79 Å². The molecule has 1 aromatic rings. The molecule has 24 heavy (non-hydrogen) atoms. The van der Waals surface area contributed by atoms with Gasteiger partial charge in [-0.05, 0) is 6.92 Å². The minimum Gasteiger partial charge on any atom is -0.507 e. The number of Topliss-reactive ketones (excluding diaryl/α,β-unsaturated/α-hetero) is 1. The van der Waals surface area contributed by atoms with Crippen molar-refractivity contribution in [1.29, 1.82) is 0 Å². The van der Waals surface area contributed by atoms with E-state index in [0.717, 1.165) is 13.0 Å². The fourth-order valence-electron chi connectivity index (χ4n) is 2.36. The number of ketones is 1. The zero-order chi connectivity index (χ0) is 18.2. The zero-order valence-electron chi connectivity index (χ0n) is 12.5. The van der Waals surface area contributed by atoms with Crippen LogP contribution in [-0.4, -0.2) is 78.8 Å². The quantitative estimate of drug-likeness (QED) is 0.187. The van der Waals surface area contributed by atoms with E-state index in [1.54, 1.807) is 0 Å². The molecule has 0 spiro atoms. The van der Waals surface area contributed by atoms with E-state index in [4.69, 9.17) is 14.6 Å². The second-order valence-corrected chi connectivity index (χ2v) is 5.34. The molecule has 0 saturated carbocycles. The number of benzene rings is 1. The highest BCUT2D eigenvalue weighted by molar-refractivity contribution is 6.00. The van der Waals surface area contributed by atoms with E-state index in [1.165, 1.54) is 0 Å². The number of rotatable bonds is 4. The molecule has 1 aliphatic rings. The van der Waals surface area contributed by atoms with Crippen LogP contribution in [0.5, 0.6) is 23.0 Å². The Hall–Kier alpha value is -2.11. The molecule has 1 heterocycles. The summed E-state index contributed by atoms with van der Waals surface area (Å²) in [6, 6.07) is 0.728. The zero-order valence-corrected chi connectivity index (χ0v) is 12.5. The van der Waals surface area contributed by atoms with E-state index in [9.17, 15) is 35.4 Å². The third-order valence-electron chi connectivity index (χ3n) is 3.65. The molecule has 0 aromatic heterocycles. The summed E-state index contributed by atoms with van der Waals surface area (Å²) in [6.07, 6.45) is -8.14. The molecule has 0 unspecified atom stereocenters. The van der Waals surface area contributed by atoms with Gasteiger partial charge in [-0.2, -0.15) is 0 Å². The smallest absolute Gasteiger partial charge is 0.229 e. The Balaban J connectivity index is 2.41. The van der Waals surface area contributed by atoms with Gasteiger partial charge in [0.05, 0.1) is 6.61 Å². The first-order valence-electron chi connectivity index (χ1n) is 6.95. The summed E-state index contributed by atoms with van der Waals surface area (Å²) in [7, 11) is 0. The second-order valence-electron chi connectivity index (χ2n) is 5.34. The third-order valence-corrected chi connectivity index (χ3v) is 3.65. The lowest BCUT2D eigenvalue weighted by molar-refractivity contribution is -0.277. The third kappa shape index (κ3) is 3.09. The van der Waals surface area contributed by atoms with Crippen molar-refractivity contribution < 1.29 is 50.0 Å². The molecule has 2 rings (SSSR count). The normalized spacial score (nSPS) is 30.1. The number of aliphatic hydroxyl groups excluding tert-OH is 4. The van der Waals surface area contributed by atoms with Crippen molar-refractivity contribution >= 4 is 5.78 Å². The number of ether oxygens (including phenoxy) is 2. The summed E-state index contributed by atoms with van der Waals surface area (Å²) < 4.78 is 10.2. The Morgan fingerprint density at radius 1 is 1.12 bits per heavy atom. The first-order chi connectivity index (χ1) is 11.2. The highest BCUT2D eigenvalue weighted by Crippen LogP contribution is 2.44. The van der Waals surface area contributed by atoms with Crippen LogP contribution >= 0.6 is 0 Å². The van der Waals surface area contributed by atoms with Crippen LogP contribution in [0.4, 0.5) is 0 Å². The average Bonchev–Trinajstić information content (AvgIpc) is 2.52. The number of aromatic hydroxyl groups is 3. The molecule has 5 atom stereocenters. The Labute approximate surface area is 135 Å². The summed E-state index contributed by atoms with van der Waals surface area (Å²) in [4.78, 5) is 11.6. The average molecular weight is 346 g/mol. The van der Waals surface area contributed by atoms with Gasteiger partial charge in [0.25, 0.3) is 0 Å². The van der Waals surface area contributed by atoms with Gasteiger partial charge < -0.3 is 45.2 Å². The number of carbonyl (C=O) groups is 1. The summed E-state index contributed by atoms with van der Waals surface area (Å²) in [5.74, 6) is -3.77. The molecule has 10 heteroatoms. The number of phenols is 3. The lowest BCUT2D eigenvalue weighted by atomic mass is 9.99. The molecule has 0 amide bonds. The molecule has 1 fully saturated rings. The summed E-state index contributed by atoms with van der Waals surface area (Å²) in [5, 5.41) is 67.6. The lowest BCUT2D eigenvalue weighted by Crippen LogP contribution is -2.60. The Morgan fingerprint density at radius 3 is 2.29 bits per heavy atom. The molecule has 0 aliphatic carbocycles. The standard InChI is InChI=1S/C14H18O10/c1-4(16)8-5(17)2-6(18)9(19)13(8)24-14-12(22)11(21)10(20)7(3-15)23-14/h2,7,10-12,14-15,17-22H,3H2,1H3/t7-,10-,11+,12-,14+/m1/s1. The van der Waals surface area contributed by atoms with Gasteiger partial charge in [0.1, 0.15) is 35.7 Å². The maximum absolute atomic E-state index is 11.6. The molecule has 1 saturated heterocycles. The van der Waals surface area contributed by atoms with Crippen LogP contribution in [0.3, 0.4) is 0 Å². The first kappa shape index (κ1) is 18.2. The molecular weight excluding hydrogens is 328 g/mol.